The van der Waals surface area contributed by atoms with Crippen LogP contribution in [0.2, 0.25) is 0 Å². The molecule has 1 fully saturated rings. The minimum atomic E-state index is -0.509. The zero-order chi connectivity index (χ0) is 26.7. The van der Waals surface area contributed by atoms with Gasteiger partial charge in [0.2, 0.25) is 5.91 Å². The van der Waals surface area contributed by atoms with Crippen LogP contribution in [0.5, 0.6) is 5.75 Å². The quantitative estimate of drug-likeness (QED) is 0.353. The molecule has 1 aliphatic carbocycles. The summed E-state index contributed by atoms with van der Waals surface area (Å²) < 4.78 is 10.8. The van der Waals surface area contributed by atoms with Gasteiger partial charge in [0.25, 0.3) is 0 Å². The largest absolute Gasteiger partial charge is 0.487 e. The normalized spacial score (nSPS) is 12.7. The topological polar surface area (TPSA) is 97.0 Å². The maximum Gasteiger partial charge on any atom is 0.319 e. The number of anilines is 2. The van der Waals surface area contributed by atoms with E-state index in [1.807, 2.05) is 54.6 Å². The van der Waals surface area contributed by atoms with Crippen LogP contribution in [0.25, 0.3) is 0 Å². The first-order valence-electron chi connectivity index (χ1n) is 12.8. The van der Waals surface area contributed by atoms with Crippen molar-refractivity contribution >= 4 is 29.3 Å². The van der Waals surface area contributed by atoms with Gasteiger partial charge in [-0.1, -0.05) is 61.0 Å². The van der Waals surface area contributed by atoms with Crippen molar-refractivity contribution in [1.82, 2.24) is 5.32 Å². The Morgan fingerprint density at radius 3 is 2.39 bits per heavy atom. The van der Waals surface area contributed by atoms with Crippen LogP contribution in [0.15, 0.2) is 78.9 Å². The number of hydrogen-bond donors (Lipinski definition) is 2. The van der Waals surface area contributed by atoms with Gasteiger partial charge in [-0.15, -0.1) is 0 Å². The van der Waals surface area contributed by atoms with Gasteiger partial charge in [0.15, 0.2) is 0 Å². The SMILES string of the molecule is COC(=O)Cc1cccc(NC(=O)NCC(=O)N(CC2CCC2)c2ccccc2OCc2ccccc2)c1. The molecule has 0 aliphatic heterocycles. The number of nitrogens with one attached hydrogen (secondary N) is 2. The average molecular weight is 516 g/mol. The fourth-order valence-corrected chi connectivity index (χ4v) is 4.23. The van der Waals surface area contributed by atoms with Crippen molar-refractivity contribution in [3.05, 3.63) is 90.0 Å². The van der Waals surface area contributed by atoms with Crippen LogP contribution >= 0.6 is 0 Å². The van der Waals surface area contributed by atoms with E-state index in [9.17, 15) is 14.4 Å². The summed E-state index contributed by atoms with van der Waals surface area (Å²) in [5.41, 5.74) is 2.96. The highest BCUT2D eigenvalue weighted by Gasteiger charge is 2.27. The molecule has 38 heavy (non-hydrogen) atoms. The zero-order valence-electron chi connectivity index (χ0n) is 21.5. The number of methoxy groups -OCH3 is 1. The van der Waals surface area contributed by atoms with Gasteiger partial charge in [-0.3, -0.25) is 9.59 Å². The molecule has 0 unspecified atom stereocenters. The van der Waals surface area contributed by atoms with Gasteiger partial charge in [0.05, 0.1) is 25.8 Å². The van der Waals surface area contributed by atoms with Crippen molar-refractivity contribution < 1.29 is 23.9 Å². The molecule has 3 amide bonds. The van der Waals surface area contributed by atoms with Crippen molar-refractivity contribution in [1.29, 1.82) is 0 Å². The van der Waals surface area contributed by atoms with Crippen LogP contribution in [0, 0.1) is 5.92 Å². The van der Waals surface area contributed by atoms with Gasteiger partial charge in [0.1, 0.15) is 12.4 Å². The van der Waals surface area contributed by atoms with E-state index in [0.29, 0.717) is 41.8 Å². The fraction of sp³-hybridized carbons (Fsp3) is 0.300. The Bertz CT molecular complexity index is 1240. The number of carbonyl (C=O) groups excluding carboxylic acids is 3. The molecule has 1 aliphatic rings. The number of amides is 3. The molecule has 4 rings (SSSR count). The second-order valence-corrected chi connectivity index (χ2v) is 9.30. The highest BCUT2D eigenvalue weighted by Crippen LogP contribution is 2.33. The van der Waals surface area contributed by atoms with Gasteiger partial charge in [-0.2, -0.15) is 0 Å². The van der Waals surface area contributed by atoms with E-state index < -0.39 is 6.03 Å². The number of carbonyl (C=O) groups is 3. The second-order valence-electron chi connectivity index (χ2n) is 9.30. The molecule has 0 spiro atoms. The van der Waals surface area contributed by atoms with Crippen molar-refractivity contribution in [3.63, 3.8) is 0 Å². The molecular weight excluding hydrogens is 482 g/mol. The number of esters is 1. The lowest BCUT2D eigenvalue weighted by Gasteiger charge is -2.33. The summed E-state index contributed by atoms with van der Waals surface area (Å²) in [6, 6.07) is 23.8. The van der Waals surface area contributed by atoms with Crippen LogP contribution in [0.1, 0.15) is 30.4 Å². The van der Waals surface area contributed by atoms with E-state index in [4.69, 9.17) is 9.47 Å². The Morgan fingerprint density at radius 1 is 0.921 bits per heavy atom. The lowest BCUT2D eigenvalue weighted by atomic mass is 9.85. The number of nitrogens with zero attached hydrogens (tertiary/aromatic N) is 1. The lowest BCUT2D eigenvalue weighted by Crippen LogP contribution is -2.44. The van der Waals surface area contributed by atoms with E-state index in [1.165, 1.54) is 7.11 Å². The van der Waals surface area contributed by atoms with E-state index >= 15 is 0 Å². The van der Waals surface area contributed by atoms with Crippen LogP contribution in [-0.2, 0) is 27.4 Å². The first kappa shape index (κ1) is 26.7. The molecule has 0 heterocycles. The van der Waals surface area contributed by atoms with Gasteiger partial charge < -0.3 is 25.0 Å². The van der Waals surface area contributed by atoms with E-state index in [-0.39, 0.29) is 24.8 Å². The zero-order valence-corrected chi connectivity index (χ0v) is 21.5. The number of benzene rings is 3. The third-order valence-electron chi connectivity index (χ3n) is 6.52. The minimum Gasteiger partial charge on any atom is -0.487 e. The predicted octanol–water partition coefficient (Wildman–Crippen LogP) is 4.94. The molecule has 0 saturated heterocycles. The van der Waals surface area contributed by atoms with Crippen molar-refractivity contribution in [3.8, 4) is 5.75 Å². The Labute approximate surface area is 222 Å². The highest BCUT2D eigenvalue weighted by molar-refractivity contribution is 5.99. The maximum atomic E-state index is 13.4. The Hall–Kier alpha value is -4.33. The Balaban J connectivity index is 1.40. The van der Waals surface area contributed by atoms with Crippen LogP contribution in [0.4, 0.5) is 16.2 Å². The van der Waals surface area contributed by atoms with Crippen molar-refractivity contribution in [2.45, 2.75) is 32.3 Å². The molecule has 3 aromatic carbocycles. The van der Waals surface area contributed by atoms with Crippen molar-refractivity contribution in [2.24, 2.45) is 5.92 Å². The summed E-state index contributed by atoms with van der Waals surface area (Å²) >= 11 is 0. The standard InChI is InChI=1S/C30H33N3O5/c1-37-29(35)18-24-13-8-14-25(17-24)32-30(36)31-19-28(34)33(20-22-11-7-12-22)26-15-5-6-16-27(26)38-21-23-9-3-2-4-10-23/h2-6,8-10,13-17,22H,7,11-12,18-21H2,1H3,(H2,31,32,36). The third-order valence-corrected chi connectivity index (χ3v) is 6.52. The highest BCUT2D eigenvalue weighted by atomic mass is 16.5. The van der Waals surface area contributed by atoms with Crippen LogP contribution in [-0.4, -0.2) is 38.1 Å². The second kappa shape index (κ2) is 13.3. The molecule has 198 valence electrons. The summed E-state index contributed by atoms with van der Waals surface area (Å²) in [7, 11) is 1.33. The summed E-state index contributed by atoms with van der Waals surface area (Å²) in [6.07, 6.45) is 3.42. The average Bonchev–Trinajstić information content (AvgIpc) is 2.91. The smallest absolute Gasteiger partial charge is 0.319 e. The van der Waals surface area contributed by atoms with Crippen molar-refractivity contribution in [2.75, 3.05) is 30.4 Å². The summed E-state index contributed by atoms with van der Waals surface area (Å²) in [5, 5.41) is 5.39. The number of ether oxygens (including phenoxy) is 2. The fourth-order valence-electron chi connectivity index (χ4n) is 4.23. The minimum absolute atomic E-state index is 0.105. The Morgan fingerprint density at radius 2 is 1.66 bits per heavy atom. The monoisotopic (exact) mass is 515 g/mol. The predicted molar refractivity (Wildman–Crippen MR) is 146 cm³/mol. The Kier molecular flexibility index (Phi) is 9.34. The number of para-hydroxylation sites is 2. The molecule has 8 nitrogen and oxygen atoms in total. The van der Waals surface area contributed by atoms with Gasteiger partial charge >= 0.3 is 12.0 Å². The number of rotatable bonds is 11. The molecule has 0 radical (unpaired) electrons. The van der Waals surface area contributed by atoms with Crippen LogP contribution in [0.3, 0.4) is 0 Å². The van der Waals surface area contributed by atoms with E-state index in [1.54, 1.807) is 29.2 Å². The molecule has 0 bridgehead atoms. The summed E-state index contributed by atoms with van der Waals surface area (Å²) in [5.74, 6) is 0.461. The number of hydrogen-bond acceptors (Lipinski definition) is 5. The molecule has 0 atom stereocenters. The first-order valence-corrected chi connectivity index (χ1v) is 12.8. The molecule has 8 heteroatoms. The van der Waals surface area contributed by atoms with Gasteiger partial charge in [0, 0.05) is 12.2 Å². The first-order chi connectivity index (χ1) is 18.5. The lowest BCUT2D eigenvalue weighted by molar-refractivity contribution is -0.139. The molecule has 0 aromatic heterocycles. The number of urea groups is 1. The van der Waals surface area contributed by atoms with Crippen LogP contribution < -0.4 is 20.3 Å². The molecule has 3 aromatic rings. The summed E-state index contributed by atoms with van der Waals surface area (Å²) in [4.78, 5) is 39.2. The van der Waals surface area contributed by atoms with Gasteiger partial charge in [-0.05, 0) is 54.2 Å². The summed E-state index contributed by atoms with van der Waals surface area (Å²) in [6.45, 7) is 0.788. The molecule has 2 N–H and O–H groups in total. The van der Waals surface area contributed by atoms with Gasteiger partial charge in [-0.25, -0.2) is 4.79 Å². The van der Waals surface area contributed by atoms with E-state index in [0.717, 1.165) is 24.8 Å². The maximum absolute atomic E-state index is 13.4. The third kappa shape index (κ3) is 7.59. The van der Waals surface area contributed by atoms with E-state index in [2.05, 4.69) is 10.6 Å². The molecule has 1 saturated carbocycles. The molecular formula is C30H33N3O5.